The Morgan fingerprint density at radius 1 is 0.964 bits per heavy atom. The number of hydrogen-bond donors (Lipinski definition) is 1. The highest BCUT2D eigenvalue weighted by Crippen LogP contribution is 2.24. The molecule has 144 valence electrons. The summed E-state index contributed by atoms with van der Waals surface area (Å²) < 4.78 is 0. The van der Waals surface area contributed by atoms with Crippen LogP contribution in [0, 0.1) is 13.8 Å². The number of nitrogens with zero attached hydrogens (tertiary/aromatic N) is 5. The number of hydrogen-bond acceptors (Lipinski definition) is 6. The Balaban J connectivity index is 1.44. The van der Waals surface area contributed by atoms with Crippen LogP contribution >= 0.6 is 11.6 Å². The Morgan fingerprint density at radius 2 is 1.71 bits per heavy atom. The molecule has 1 aromatic heterocycles. The summed E-state index contributed by atoms with van der Waals surface area (Å²) in [5.74, 6) is 1.36. The van der Waals surface area contributed by atoms with E-state index in [0.29, 0.717) is 5.95 Å². The van der Waals surface area contributed by atoms with Gasteiger partial charge in [-0.25, -0.2) is 0 Å². The summed E-state index contributed by atoms with van der Waals surface area (Å²) in [6, 6.07) is 14.1. The average molecular weight is 395 g/mol. The van der Waals surface area contributed by atoms with Crippen LogP contribution in [-0.4, -0.2) is 41.4 Å². The van der Waals surface area contributed by atoms with Crippen molar-refractivity contribution in [2.75, 3.05) is 41.3 Å². The van der Waals surface area contributed by atoms with Gasteiger partial charge in [-0.15, -0.1) is 5.10 Å². The molecule has 0 radical (unpaired) electrons. The van der Waals surface area contributed by atoms with Crippen molar-refractivity contribution in [3.05, 3.63) is 64.8 Å². The summed E-state index contributed by atoms with van der Waals surface area (Å²) in [5, 5.41) is 12.4. The molecular formula is C21H23ClN6. The molecule has 3 aromatic rings. The van der Waals surface area contributed by atoms with E-state index in [1.807, 2.05) is 30.3 Å². The van der Waals surface area contributed by atoms with Crippen LogP contribution in [0.1, 0.15) is 11.1 Å². The van der Waals surface area contributed by atoms with E-state index in [9.17, 15) is 0 Å². The van der Waals surface area contributed by atoms with Crippen molar-refractivity contribution in [1.82, 2.24) is 15.2 Å². The standard InChI is InChI=1S/C21H23ClN6/c1-15-5-3-8-19(16(15)2)24-21-25-20(14-23-26-21)28-11-9-27(10-12-28)18-7-4-6-17(22)13-18/h3-8,13-14H,9-12H2,1-2H3,(H,24,25,26). The third kappa shape index (κ3) is 4.02. The van der Waals surface area contributed by atoms with E-state index >= 15 is 0 Å². The fourth-order valence-corrected chi connectivity index (χ4v) is 3.56. The minimum atomic E-state index is 0.517. The zero-order valence-electron chi connectivity index (χ0n) is 16.1. The number of nitrogens with one attached hydrogen (secondary N) is 1. The molecule has 0 aliphatic carbocycles. The average Bonchev–Trinajstić information content (AvgIpc) is 2.72. The van der Waals surface area contributed by atoms with Gasteiger partial charge >= 0.3 is 0 Å². The van der Waals surface area contributed by atoms with E-state index in [-0.39, 0.29) is 0 Å². The molecular weight excluding hydrogens is 372 g/mol. The quantitative estimate of drug-likeness (QED) is 0.715. The van der Waals surface area contributed by atoms with Gasteiger partial charge in [0.05, 0.1) is 6.20 Å². The summed E-state index contributed by atoms with van der Waals surface area (Å²) in [6.45, 7) is 7.73. The Bertz CT molecular complexity index is 969. The maximum Gasteiger partial charge on any atom is 0.249 e. The Labute approximate surface area is 170 Å². The Kier molecular flexibility index (Phi) is 5.30. The first kappa shape index (κ1) is 18.5. The molecule has 1 N–H and O–H groups in total. The maximum absolute atomic E-state index is 6.12. The molecule has 1 aliphatic heterocycles. The topological polar surface area (TPSA) is 57.2 Å². The number of piperazine rings is 1. The molecule has 0 saturated carbocycles. The van der Waals surface area contributed by atoms with Crippen molar-refractivity contribution in [2.24, 2.45) is 0 Å². The van der Waals surface area contributed by atoms with Gasteiger partial charge in [0.15, 0.2) is 5.82 Å². The summed E-state index contributed by atoms with van der Waals surface area (Å²) in [4.78, 5) is 9.26. The van der Waals surface area contributed by atoms with Crippen LogP contribution in [0.3, 0.4) is 0 Å². The second-order valence-corrected chi connectivity index (χ2v) is 7.40. The van der Waals surface area contributed by atoms with Gasteiger partial charge in [0.1, 0.15) is 0 Å². The van der Waals surface area contributed by atoms with Gasteiger partial charge in [-0.05, 0) is 49.2 Å². The SMILES string of the molecule is Cc1cccc(Nc2nncc(N3CCN(c4cccc(Cl)c4)CC3)n2)c1C. The van der Waals surface area contributed by atoms with E-state index in [0.717, 1.165) is 48.4 Å². The zero-order chi connectivity index (χ0) is 19.5. The Morgan fingerprint density at radius 3 is 2.50 bits per heavy atom. The van der Waals surface area contributed by atoms with E-state index in [1.54, 1.807) is 6.20 Å². The molecule has 0 unspecified atom stereocenters. The van der Waals surface area contributed by atoms with Crippen LogP contribution < -0.4 is 15.1 Å². The van der Waals surface area contributed by atoms with Crippen LogP contribution in [0.5, 0.6) is 0 Å². The first-order chi connectivity index (χ1) is 13.6. The molecule has 1 aliphatic rings. The van der Waals surface area contributed by atoms with Gasteiger partial charge < -0.3 is 15.1 Å². The van der Waals surface area contributed by atoms with Crippen LogP contribution in [0.15, 0.2) is 48.7 Å². The second kappa shape index (κ2) is 8.02. The predicted octanol–water partition coefficient (Wildman–Crippen LogP) is 4.21. The number of aryl methyl sites for hydroxylation is 1. The normalized spacial score (nSPS) is 14.2. The zero-order valence-corrected chi connectivity index (χ0v) is 16.8. The third-order valence-corrected chi connectivity index (χ3v) is 5.41. The van der Waals surface area contributed by atoms with Crippen LogP contribution in [0.2, 0.25) is 5.02 Å². The van der Waals surface area contributed by atoms with Gasteiger partial charge in [0.25, 0.3) is 0 Å². The molecule has 2 aromatic carbocycles. The minimum Gasteiger partial charge on any atom is -0.368 e. The smallest absolute Gasteiger partial charge is 0.249 e. The third-order valence-electron chi connectivity index (χ3n) is 5.17. The monoisotopic (exact) mass is 394 g/mol. The minimum absolute atomic E-state index is 0.517. The van der Waals surface area contributed by atoms with Crippen molar-refractivity contribution in [3.8, 4) is 0 Å². The molecule has 0 atom stereocenters. The number of benzene rings is 2. The van der Waals surface area contributed by atoms with E-state index in [2.05, 4.69) is 56.3 Å². The highest BCUT2D eigenvalue weighted by Gasteiger charge is 2.19. The molecule has 0 spiro atoms. The maximum atomic E-state index is 6.12. The summed E-state index contributed by atoms with van der Waals surface area (Å²) in [6.07, 6.45) is 1.73. The molecule has 1 fully saturated rings. The molecule has 7 heteroatoms. The molecule has 1 saturated heterocycles. The van der Waals surface area contributed by atoms with E-state index in [4.69, 9.17) is 11.6 Å². The molecule has 2 heterocycles. The summed E-state index contributed by atoms with van der Waals surface area (Å²) in [7, 11) is 0. The lowest BCUT2D eigenvalue weighted by Gasteiger charge is -2.36. The van der Waals surface area contributed by atoms with Crippen LogP contribution in [0.25, 0.3) is 0 Å². The molecule has 6 nitrogen and oxygen atoms in total. The Hall–Kier alpha value is -2.86. The number of anilines is 4. The molecule has 0 bridgehead atoms. The first-order valence-electron chi connectivity index (χ1n) is 9.38. The fourth-order valence-electron chi connectivity index (χ4n) is 3.37. The fraction of sp³-hybridized carbons (Fsp3) is 0.286. The number of rotatable bonds is 4. The lowest BCUT2D eigenvalue weighted by molar-refractivity contribution is 0.645. The first-order valence-corrected chi connectivity index (χ1v) is 9.76. The van der Waals surface area contributed by atoms with E-state index < -0.39 is 0 Å². The largest absolute Gasteiger partial charge is 0.368 e. The van der Waals surface area contributed by atoms with Gasteiger partial charge in [0.2, 0.25) is 5.95 Å². The van der Waals surface area contributed by atoms with Gasteiger partial charge in [0, 0.05) is 42.6 Å². The molecule has 4 rings (SSSR count). The highest BCUT2D eigenvalue weighted by molar-refractivity contribution is 6.30. The lowest BCUT2D eigenvalue weighted by Crippen LogP contribution is -2.46. The summed E-state index contributed by atoms with van der Waals surface area (Å²) in [5.41, 5.74) is 4.58. The van der Waals surface area contributed by atoms with Crippen molar-refractivity contribution in [3.63, 3.8) is 0 Å². The van der Waals surface area contributed by atoms with E-state index in [1.165, 1.54) is 11.1 Å². The predicted molar refractivity (Wildman–Crippen MR) is 115 cm³/mol. The van der Waals surface area contributed by atoms with Crippen molar-refractivity contribution in [1.29, 1.82) is 0 Å². The highest BCUT2D eigenvalue weighted by atomic mass is 35.5. The van der Waals surface area contributed by atoms with Crippen molar-refractivity contribution < 1.29 is 0 Å². The number of halogens is 1. The number of aromatic nitrogens is 3. The molecule has 28 heavy (non-hydrogen) atoms. The molecule has 0 amide bonds. The lowest BCUT2D eigenvalue weighted by atomic mass is 10.1. The summed E-state index contributed by atoms with van der Waals surface area (Å²) >= 11 is 6.12. The van der Waals surface area contributed by atoms with Crippen LogP contribution in [0.4, 0.5) is 23.1 Å². The second-order valence-electron chi connectivity index (χ2n) is 6.96. The van der Waals surface area contributed by atoms with Crippen molar-refractivity contribution in [2.45, 2.75) is 13.8 Å². The van der Waals surface area contributed by atoms with Gasteiger partial charge in [-0.2, -0.15) is 10.1 Å². The van der Waals surface area contributed by atoms with Crippen molar-refractivity contribution >= 4 is 34.7 Å². The van der Waals surface area contributed by atoms with Gasteiger partial charge in [-0.3, -0.25) is 0 Å². The van der Waals surface area contributed by atoms with Crippen LogP contribution in [-0.2, 0) is 0 Å². The van der Waals surface area contributed by atoms with Gasteiger partial charge in [-0.1, -0.05) is 29.8 Å².